The number of anilines is 1. The lowest BCUT2D eigenvalue weighted by molar-refractivity contribution is -0.123. The van der Waals surface area contributed by atoms with Gasteiger partial charge in [0.05, 0.1) is 12.1 Å². The minimum Gasteiger partial charge on any atom is -0.370 e. The Kier molecular flexibility index (Phi) is 3.06. The molecule has 1 aromatic carbocycles. The topological polar surface area (TPSA) is 75.4 Å². The van der Waals surface area contributed by atoms with Crippen LogP contribution < -0.4 is 16.0 Å². The molecule has 0 aliphatic carbocycles. The molecule has 3 N–H and O–H groups in total. The Hall–Kier alpha value is -1.95. The number of benzene rings is 1. The van der Waals surface area contributed by atoms with E-state index in [1.807, 2.05) is 18.2 Å². The lowest BCUT2D eigenvalue weighted by Gasteiger charge is -2.14. The van der Waals surface area contributed by atoms with Crippen LogP contribution in [0.5, 0.6) is 0 Å². The van der Waals surface area contributed by atoms with Crippen molar-refractivity contribution >= 4 is 34.8 Å². The molecule has 17 heavy (non-hydrogen) atoms. The smallest absolute Gasteiger partial charge is 0.256 e. The van der Waals surface area contributed by atoms with Crippen molar-refractivity contribution in [2.75, 3.05) is 4.90 Å². The fourth-order valence-electron chi connectivity index (χ4n) is 1.69. The molecule has 0 bridgehead atoms. The number of primary amides is 1. The van der Waals surface area contributed by atoms with Gasteiger partial charge in [-0.05, 0) is 24.4 Å². The monoisotopic (exact) mass is 249 g/mol. The van der Waals surface area contributed by atoms with Gasteiger partial charge in [-0.15, -0.1) is 0 Å². The maximum absolute atomic E-state index is 12.0. The van der Waals surface area contributed by atoms with Gasteiger partial charge >= 0.3 is 0 Å². The van der Waals surface area contributed by atoms with Crippen LogP contribution >= 0.6 is 12.2 Å². The summed E-state index contributed by atoms with van der Waals surface area (Å²) in [5.41, 5.74) is 5.75. The van der Waals surface area contributed by atoms with Gasteiger partial charge in [-0.1, -0.05) is 18.2 Å². The summed E-state index contributed by atoms with van der Waals surface area (Å²) in [6, 6.07) is 8.37. The van der Waals surface area contributed by atoms with E-state index in [1.54, 1.807) is 12.1 Å². The summed E-state index contributed by atoms with van der Waals surface area (Å²) in [7, 11) is 0. The highest BCUT2D eigenvalue weighted by molar-refractivity contribution is 7.80. The average Bonchev–Trinajstić information content (AvgIpc) is 2.54. The first-order valence-electron chi connectivity index (χ1n) is 5.07. The molecule has 1 atom stereocenters. The number of para-hydroxylation sites is 1. The van der Waals surface area contributed by atoms with Gasteiger partial charge in [0.15, 0.2) is 5.11 Å². The van der Waals surface area contributed by atoms with Crippen molar-refractivity contribution in [3.05, 3.63) is 30.3 Å². The molecular formula is C11H11N3O2S. The van der Waals surface area contributed by atoms with Crippen LogP contribution in [0, 0.1) is 0 Å². The second-order valence-corrected chi connectivity index (χ2v) is 4.07. The van der Waals surface area contributed by atoms with Gasteiger partial charge in [-0.25, -0.2) is 0 Å². The van der Waals surface area contributed by atoms with E-state index in [2.05, 4.69) is 5.32 Å². The minimum atomic E-state index is -0.653. The van der Waals surface area contributed by atoms with Crippen LogP contribution in [0.25, 0.3) is 0 Å². The van der Waals surface area contributed by atoms with Crippen LogP contribution in [-0.4, -0.2) is 23.0 Å². The van der Waals surface area contributed by atoms with E-state index in [4.69, 9.17) is 18.0 Å². The molecule has 2 amide bonds. The van der Waals surface area contributed by atoms with Crippen LogP contribution in [0.3, 0.4) is 0 Å². The highest BCUT2D eigenvalue weighted by atomic mass is 32.1. The molecule has 5 nitrogen and oxygen atoms in total. The number of carbonyl (C=O) groups is 2. The van der Waals surface area contributed by atoms with E-state index < -0.39 is 11.9 Å². The molecule has 2 rings (SSSR count). The van der Waals surface area contributed by atoms with Gasteiger partial charge in [0, 0.05) is 0 Å². The first kappa shape index (κ1) is 11.5. The number of nitrogens with zero attached hydrogens (tertiary/aromatic N) is 1. The van der Waals surface area contributed by atoms with Crippen molar-refractivity contribution in [3.8, 4) is 0 Å². The number of carbonyl (C=O) groups excluding carboxylic acids is 2. The second kappa shape index (κ2) is 4.50. The van der Waals surface area contributed by atoms with Gasteiger partial charge in [-0.3, -0.25) is 14.5 Å². The molecule has 0 aromatic heterocycles. The largest absolute Gasteiger partial charge is 0.370 e. The fourth-order valence-corrected chi connectivity index (χ4v) is 2.03. The number of nitrogens with two attached hydrogens (primary N) is 1. The Morgan fingerprint density at radius 2 is 2.06 bits per heavy atom. The SMILES string of the molecule is NC(=O)CC1NC(=S)N(c2ccccc2)C1=O. The van der Waals surface area contributed by atoms with E-state index in [0.29, 0.717) is 10.8 Å². The molecule has 1 heterocycles. The molecule has 1 aliphatic heterocycles. The molecule has 1 unspecified atom stereocenters. The Bertz CT molecular complexity index is 475. The molecule has 1 aromatic rings. The lowest BCUT2D eigenvalue weighted by Crippen LogP contribution is -2.34. The number of hydrogen-bond donors (Lipinski definition) is 2. The highest BCUT2D eigenvalue weighted by Crippen LogP contribution is 2.19. The molecule has 1 saturated heterocycles. The number of hydrogen-bond acceptors (Lipinski definition) is 3. The molecular weight excluding hydrogens is 238 g/mol. The standard InChI is InChI=1S/C11H11N3O2S/c12-9(15)6-8-10(16)14(11(17)13-8)7-4-2-1-3-5-7/h1-5,8H,6H2,(H2,12,15)(H,13,17). The average molecular weight is 249 g/mol. The predicted molar refractivity (Wildman–Crippen MR) is 67.3 cm³/mol. The first-order valence-corrected chi connectivity index (χ1v) is 5.48. The molecule has 0 saturated carbocycles. The Morgan fingerprint density at radius 3 is 2.65 bits per heavy atom. The first-order chi connectivity index (χ1) is 8.09. The van der Waals surface area contributed by atoms with Gasteiger partial charge in [-0.2, -0.15) is 0 Å². The molecule has 0 spiro atoms. The number of thiocarbonyl (C=S) groups is 1. The highest BCUT2D eigenvalue weighted by Gasteiger charge is 2.36. The van der Waals surface area contributed by atoms with Crippen molar-refractivity contribution in [2.24, 2.45) is 5.73 Å². The second-order valence-electron chi connectivity index (χ2n) is 3.68. The summed E-state index contributed by atoms with van der Waals surface area (Å²) >= 11 is 5.07. The summed E-state index contributed by atoms with van der Waals surface area (Å²) in [5.74, 6) is -0.784. The Morgan fingerprint density at radius 1 is 1.41 bits per heavy atom. The maximum Gasteiger partial charge on any atom is 0.256 e. The summed E-state index contributed by atoms with van der Waals surface area (Å²) in [6.07, 6.45) is -0.0533. The van der Waals surface area contributed by atoms with Gasteiger partial charge in [0.1, 0.15) is 6.04 Å². The third-order valence-corrected chi connectivity index (χ3v) is 2.74. The van der Waals surface area contributed by atoms with Crippen molar-refractivity contribution in [3.63, 3.8) is 0 Å². The van der Waals surface area contributed by atoms with E-state index in [9.17, 15) is 9.59 Å². The number of nitrogens with one attached hydrogen (secondary N) is 1. The van der Waals surface area contributed by atoms with Crippen LogP contribution in [-0.2, 0) is 9.59 Å². The summed E-state index contributed by atoms with van der Waals surface area (Å²) in [5, 5.41) is 3.09. The normalized spacial score (nSPS) is 19.3. The molecule has 0 radical (unpaired) electrons. The third-order valence-electron chi connectivity index (χ3n) is 2.44. The van der Waals surface area contributed by atoms with E-state index in [1.165, 1.54) is 4.90 Å². The van der Waals surface area contributed by atoms with Crippen molar-refractivity contribution < 1.29 is 9.59 Å². The number of rotatable bonds is 3. The minimum absolute atomic E-state index is 0.0533. The predicted octanol–water partition coefficient (Wildman–Crippen LogP) is 0.152. The Labute approximate surface area is 104 Å². The van der Waals surface area contributed by atoms with E-state index in [-0.39, 0.29) is 12.3 Å². The fraction of sp³-hybridized carbons (Fsp3) is 0.182. The van der Waals surface area contributed by atoms with Crippen molar-refractivity contribution in [1.29, 1.82) is 0 Å². The van der Waals surface area contributed by atoms with Crippen LogP contribution in [0.1, 0.15) is 6.42 Å². The van der Waals surface area contributed by atoms with Gasteiger partial charge < -0.3 is 11.1 Å². The summed E-state index contributed by atoms with van der Waals surface area (Å²) < 4.78 is 0. The van der Waals surface area contributed by atoms with Crippen LogP contribution in [0.15, 0.2) is 30.3 Å². The number of amides is 2. The van der Waals surface area contributed by atoms with Crippen LogP contribution in [0.2, 0.25) is 0 Å². The van der Waals surface area contributed by atoms with E-state index >= 15 is 0 Å². The zero-order chi connectivity index (χ0) is 12.4. The lowest BCUT2D eigenvalue weighted by atomic mass is 10.2. The van der Waals surface area contributed by atoms with Crippen molar-refractivity contribution in [2.45, 2.75) is 12.5 Å². The summed E-state index contributed by atoms with van der Waals surface area (Å²) in [4.78, 5) is 24.2. The zero-order valence-electron chi connectivity index (χ0n) is 8.92. The molecule has 88 valence electrons. The van der Waals surface area contributed by atoms with E-state index in [0.717, 1.165) is 0 Å². The maximum atomic E-state index is 12.0. The van der Waals surface area contributed by atoms with Gasteiger partial charge in [0.2, 0.25) is 5.91 Å². The summed E-state index contributed by atoms with van der Waals surface area (Å²) in [6.45, 7) is 0. The Balaban J connectivity index is 2.23. The molecule has 6 heteroatoms. The molecule has 1 fully saturated rings. The molecule has 1 aliphatic rings. The van der Waals surface area contributed by atoms with Crippen molar-refractivity contribution in [1.82, 2.24) is 5.32 Å². The van der Waals surface area contributed by atoms with Gasteiger partial charge in [0.25, 0.3) is 5.91 Å². The quantitative estimate of drug-likeness (QED) is 0.748. The third kappa shape index (κ3) is 2.26. The van der Waals surface area contributed by atoms with Crippen LogP contribution in [0.4, 0.5) is 5.69 Å². The zero-order valence-corrected chi connectivity index (χ0v) is 9.74.